The maximum Gasteiger partial charge on any atom is 0.119 e. The van der Waals surface area contributed by atoms with E-state index in [2.05, 4.69) is 78.0 Å². The molecule has 1 atom stereocenters. The number of ether oxygens (including phenoxy) is 1. The Bertz CT molecular complexity index is 1060. The van der Waals surface area contributed by atoms with Crippen LogP contribution in [0, 0.1) is 0 Å². The molecule has 0 fully saturated rings. The van der Waals surface area contributed by atoms with Crippen molar-refractivity contribution >= 4 is 11.0 Å². The van der Waals surface area contributed by atoms with E-state index in [1.807, 2.05) is 18.5 Å². The first-order valence-corrected chi connectivity index (χ1v) is 9.41. The van der Waals surface area contributed by atoms with Gasteiger partial charge in [0.15, 0.2) is 0 Å². The highest BCUT2D eigenvalue weighted by Crippen LogP contribution is 2.29. The quantitative estimate of drug-likeness (QED) is 0.425. The van der Waals surface area contributed by atoms with Crippen molar-refractivity contribution in [3.8, 4) is 22.6 Å². The van der Waals surface area contributed by atoms with Crippen LogP contribution < -0.4 is 4.74 Å². The van der Waals surface area contributed by atoms with Crippen LogP contribution in [0.5, 0.6) is 5.75 Å². The van der Waals surface area contributed by atoms with E-state index in [0.717, 1.165) is 28.9 Å². The van der Waals surface area contributed by atoms with Gasteiger partial charge in [-0.2, -0.15) is 0 Å². The first-order valence-electron chi connectivity index (χ1n) is 9.41. The summed E-state index contributed by atoms with van der Waals surface area (Å²) in [4.78, 5) is 4.56. The van der Waals surface area contributed by atoms with Gasteiger partial charge in [-0.25, -0.2) is 4.98 Å². The number of imidazole rings is 1. The van der Waals surface area contributed by atoms with Gasteiger partial charge in [0.25, 0.3) is 0 Å². The summed E-state index contributed by atoms with van der Waals surface area (Å²) in [6, 6.07) is 23.4. The second-order valence-electron chi connectivity index (χ2n) is 6.95. The molecular formula is C24H24N2O. The molecule has 0 saturated heterocycles. The van der Waals surface area contributed by atoms with Crippen LogP contribution in [-0.4, -0.2) is 16.7 Å². The average molecular weight is 356 g/mol. The van der Waals surface area contributed by atoms with E-state index in [1.165, 1.54) is 16.7 Å². The fourth-order valence-corrected chi connectivity index (χ4v) is 3.40. The minimum absolute atomic E-state index is 0.568. The molecule has 0 N–H and O–H groups in total. The molecule has 0 saturated carbocycles. The van der Waals surface area contributed by atoms with E-state index in [0.29, 0.717) is 5.92 Å². The number of aromatic nitrogens is 2. The van der Waals surface area contributed by atoms with Gasteiger partial charge in [0.1, 0.15) is 12.1 Å². The lowest BCUT2D eigenvalue weighted by molar-refractivity contribution is 0.415. The molecule has 0 aliphatic heterocycles. The molecular weight excluding hydrogens is 332 g/mol. The molecule has 4 rings (SSSR count). The Morgan fingerprint density at radius 3 is 2.48 bits per heavy atom. The Morgan fingerprint density at radius 1 is 0.963 bits per heavy atom. The monoisotopic (exact) mass is 356 g/mol. The Hall–Kier alpha value is -3.07. The number of rotatable bonds is 5. The predicted octanol–water partition coefficient (Wildman–Crippen LogP) is 6.21. The van der Waals surface area contributed by atoms with Gasteiger partial charge in [-0.3, -0.25) is 4.57 Å². The third kappa shape index (κ3) is 3.33. The van der Waals surface area contributed by atoms with Crippen molar-refractivity contribution in [2.24, 2.45) is 0 Å². The van der Waals surface area contributed by atoms with Crippen LogP contribution in [0.15, 0.2) is 73.1 Å². The lowest BCUT2D eigenvalue weighted by Crippen LogP contribution is -1.93. The zero-order chi connectivity index (χ0) is 18.8. The van der Waals surface area contributed by atoms with Gasteiger partial charge in [-0.15, -0.1) is 0 Å². The van der Waals surface area contributed by atoms with Crippen molar-refractivity contribution in [2.45, 2.75) is 26.2 Å². The van der Waals surface area contributed by atoms with Gasteiger partial charge >= 0.3 is 0 Å². The number of nitrogens with zero attached hydrogens (tertiary/aromatic N) is 2. The largest absolute Gasteiger partial charge is 0.497 e. The van der Waals surface area contributed by atoms with Gasteiger partial charge in [-0.05, 0) is 65.4 Å². The molecule has 136 valence electrons. The van der Waals surface area contributed by atoms with Crippen LogP contribution in [-0.2, 0) is 0 Å². The van der Waals surface area contributed by atoms with Crippen molar-refractivity contribution < 1.29 is 4.74 Å². The van der Waals surface area contributed by atoms with Crippen molar-refractivity contribution in [3.63, 3.8) is 0 Å². The molecule has 0 spiro atoms. The van der Waals surface area contributed by atoms with E-state index in [-0.39, 0.29) is 0 Å². The molecule has 1 heterocycles. The summed E-state index contributed by atoms with van der Waals surface area (Å²) in [5.41, 5.74) is 7.02. The summed E-state index contributed by atoms with van der Waals surface area (Å²) in [5.74, 6) is 1.42. The van der Waals surface area contributed by atoms with Crippen LogP contribution in [0.3, 0.4) is 0 Å². The fourth-order valence-electron chi connectivity index (χ4n) is 3.40. The Balaban J connectivity index is 1.78. The van der Waals surface area contributed by atoms with Crippen LogP contribution in [0.2, 0.25) is 0 Å². The first-order chi connectivity index (χ1) is 13.2. The van der Waals surface area contributed by atoms with Gasteiger partial charge in [0.05, 0.1) is 18.1 Å². The van der Waals surface area contributed by atoms with Crippen LogP contribution in [0.1, 0.15) is 31.7 Å². The Morgan fingerprint density at radius 2 is 1.74 bits per heavy atom. The van der Waals surface area contributed by atoms with E-state index in [4.69, 9.17) is 4.74 Å². The highest BCUT2D eigenvalue weighted by atomic mass is 16.5. The van der Waals surface area contributed by atoms with Gasteiger partial charge in [-0.1, -0.05) is 44.2 Å². The van der Waals surface area contributed by atoms with E-state index >= 15 is 0 Å². The molecule has 0 bridgehead atoms. The summed E-state index contributed by atoms with van der Waals surface area (Å²) in [5, 5.41) is 0. The van der Waals surface area contributed by atoms with E-state index < -0.39 is 0 Å². The minimum Gasteiger partial charge on any atom is -0.497 e. The second-order valence-corrected chi connectivity index (χ2v) is 6.95. The Kier molecular flexibility index (Phi) is 4.68. The highest BCUT2D eigenvalue weighted by molar-refractivity contribution is 5.83. The molecule has 0 aliphatic rings. The molecule has 3 nitrogen and oxygen atoms in total. The average Bonchev–Trinajstić information content (AvgIpc) is 3.16. The predicted molar refractivity (Wildman–Crippen MR) is 112 cm³/mol. The maximum atomic E-state index is 5.27. The fraction of sp³-hybridized carbons (Fsp3) is 0.208. The molecule has 3 aromatic carbocycles. The third-order valence-corrected chi connectivity index (χ3v) is 5.30. The molecule has 1 aromatic heterocycles. The van der Waals surface area contributed by atoms with Gasteiger partial charge in [0.2, 0.25) is 0 Å². The molecule has 4 aromatic rings. The van der Waals surface area contributed by atoms with Gasteiger partial charge < -0.3 is 4.74 Å². The number of benzene rings is 3. The maximum absolute atomic E-state index is 5.27. The topological polar surface area (TPSA) is 27.1 Å². The molecule has 0 radical (unpaired) electrons. The standard InChI is InChI=1S/C24H24N2O/c1-4-17(2)18-6-5-7-19(14-18)20-8-13-23-24(15-20)26(16-25-23)21-9-11-22(27-3)12-10-21/h5-17H,4H2,1-3H3. The first kappa shape index (κ1) is 17.3. The number of hydrogen-bond acceptors (Lipinski definition) is 2. The smallest absolute Gasteiger partial charge is 0.119 e. The minimum atomic E-state index is 0.568. The number of fused-ring (bicyclic) bond motifs is 1. The summed E-state index contributed by atoms with van der Waals surface area (Å²) < 4.78 is 7.39. The van der Waals surface area contributed by atoms with Crippen molar-refractivity contribution in [2.75, 3.05) is 7.11 Å². The molecule has 1 unspecified atom stereocenters. The normalized spacial score (nSPS) is 12.3. The SMILES string of the molecule is CCC(C)c1cccc(-c2ccc3ncn(-c4ccc(OC)cc4)c3c2)c1. The zero-order valence-electron chi connectivity index (χ0n) is 16.0. The van der Waals surface area contributed by atoms with E-state index in [9.17, 15) is 0 Å². The Labute approximate surface area is 160 Å². The summed E-state index contributed by atoms with van der Waals surface area (Å²) in [6.45, 7) is 4.51. The van der Waals surface area contributed by atoms with Crippen LogP contribution in [0.4, 0.5) is 0 Å². The van der Waals surface area contributed by atoms with Crippen LogP contribution >= 0.6 is 0 Å². The molecule has 0 amide bonds. The van der Waals surface area contributed by atoms with E-state index in [1.54, 1.807) is 7.11 Å². The molecule has 0 aliphatic carbocycles. The van der Waals surface area contributed by atoms with Crippen molar-refractivity contribution in [3.05, 3.63) is 78.6 Å². The number of hydrogen-bond donors (Lipinski definition) is 0. The van der Waals surface area contributed by atoms with Crippen molar-refractivity contribution in [1.82, 2.24) is 9.55 Å². The molecule has 3 heteroatoms. The number of methoxy groups -OCH3 is 1. The van der Waals surface area contributed by atoms with Gasteiger partial charge in [0, 0.05) is 5.69 Å². The van der Waals surface area contributed by atoms with Crippen molar-refractivity contribution in [1.29, 1.82) is 0 Å². The zero-order valence-corrected chi connectivity index (χ0v) is 16.0. The van der Waals surface area contributed by atoms with Crippen LogP contribution in [0.25, 0.3) is 27.8 Å². The third-order valence-electron chi connectivity index (χ3n) is 5.30. The lowest BCUT2D eigenvalue weighted by atomic mass is 9.94. The lowest BCUT2D eigenvalue weighted by Gasteiger charge is -2.11. The highest BCUT2D eigenvalue weighted by Gasteiger charge is 2.09. The summed E-state index contributed by atoms with van der Waals surface area (Å²) in [7, 11) is 1.68. The summed E-state index contributed by atoms with van der Waals surface area (Å²) in [6.07, 6.45) is 3.03. The summed E-state index contributed by atoms with van der Waals surface area (Å²) >= 11 is 0. The molecule has 27 heavy (non-hydrogen) atoms. The second kappa shape index (κ2) is 7.28.